The first-order valence-electron chi connectivity index (χ1n) is 9.04. The quantitative estimate of drug-likeness (QED) is 0.522. The molecule has 0 amide bonds. The maximum Gasteiger partial charge on any atom is 0.138 e. The smallest absolute Gasteiger partial charge is 0.138 e. The molecule has 0 aliphatic heterocycles. The van der Waals surface area contributed by atoms with Gasteiger partial charge in [0.25, 0.3) is 0 Å². The average molecular weight is 342 g/mol. The van der Waals surface area contributed by atoms with Crippen LogP contribution >= 0.6 is 0 Å². The van der Waals surface area contributed by atoms with Crippen molar-refractivity contribution in [2.75, 3.05) is 0 Å². The monoisotopic (exact) mass is 342 g/mol. The van der Waals surface area contributed by atoms with Gasteiger partial charge in [-0.15, -0.1) is 0 Å². The highest BCUT2D eigenvalue weighted by Crippen LogP contribution is 2.32. The number of nitrogens with zero attached hydrogens (tertiary/aromatic N) is 4. The summed E-state index contributed by atoms with van der Waals surface area (Å²) < 4.78 is 2.14. The Morgan fingerprint density at radius 2 is 1.77 bits per heavy atom. The first-order chi connectivity index (χ1) is 12.7. The van der Waals surface area contributed by atoms with Gasteiger partial charge < -0.3 is 0 Å². The molecule has 1 aromatic carbocycles. The lowest BCUT2D eigenvalue weighted by Crippen LogP contribution is -1.96. The van der Waals surface area contributed by atoms with E-state index in [1.165, 1.54) is 11.1 Å². The van der Waals surface area contributed by atoms with E-state index in [9.17, 15) is 0 Å². The van der Waals surface area contributed by atoms with Gasteiger partial charge in [-0.3, -0.25) is 4.40 Å². The molecule has 0 aliphatic rings. The Hall–Kier alpha value is -3.01. The van der Waals surface area contributed by atoms with Crippen LogP contribution in [0, 0.1) is 13.8 Å². The summed E-state index contributed by atoms with van der Waals surface area (Å²) in [4.78, 5) is 13.9. The van der Waals surface area contributed by atoms with Gasteiger partial charge in [0.1, 0.15) is 11.5 Å². The van der Waals surface area contributed by atoms with Crippen LogP contribution in [0.25, 0.3) is 28.3 Å². The fourth-order valence-electron chi connectivity index (χ4n) is 3.28. The summed E-state index contributed by atoms with van der Waals surface area (Å²) in [5, 5.41) is 0. The van der Waals surface area contributed by atoms with Crippen molar-refractivity contribution in [1.29, 1.82) is 0 Å². The molecule has 130 valence electrons. The van der Waals surface area contributed by atoms with Gasteiger partial charge in [-0.05, 0) is 44.0 Å². The summed E-state index contributed by atoms with van der Waals surface area (Å²) in [5.41, 5.74) is 7.46. The Kier molecular flexibility index (Phi) is 4.25. The molecule has 0 aliphatic carbocycles. The van der Waals surface area contributed by atoms with Crippen molar-refractivity contribution in [2.45, 2.75) is 33.6 Å². The van der Waals surface area contributed by atoms with Gasteiger partial charge >= 0.3 is 0 Å². The lowest BCUT2D eigenvalue weighted by molar-refractivity contribution is 0.917. The lowest BCUT2D eigenvalue weighted by Gasteiger charge is -2.06. The maximum absolute atomic E-state index is 4.96. The van der Waals surface area contributed by atoms with Crippen molar-refractivity contribution in [3.8, 4) is 22.6 Å². The van der Waals surface area contributed by atoms with Crippen molar-refractivity contribution in [2.24, 2.45) is 0 Å². The van der Waals surface area contributed by atoms with E-state index in [1.54, 1.807) is 6.20 Å². The molecule has 0 atom stereocenters. The lowest BCUT2D eigenvalue weighted by atomic mass is 10.1. The first-order valence-corrected chi connectivity index (χ1v) is 9.04. The molecular formula is C22H22N4. The number of imidazole rings is 1. The summed E-state index contributed by atoms with van der Waals surface area (Å²) >= 11 is 0. The van der Waals surface area contributed by atoms with Crippen LogP contribution in [0.15, 0.2) is 54.9 Å². The third-order valence-corrected chi connectivity index (χ3v) is 4.57. The number of benzene rings is 1. The number of rotatable bonds is 4. The van der Waals surface area contributed by atoms with Crippen LogP contribution in [0.3, 0.4) is 0 Å². The second-order valence-corrected chi connectivity index (χ2v) is 6.68. The minimum Gasteiger partial charge on any atom is -0.298 e. The number of hydrogen-bond donors (Lipinski definition) is 0. The highest BCUT2D eigenvalue weighted by Gasteiger charge is 2.17. The van der Waals surface area contributed by atoms with Crippen molar-refractivity contribution < 1.29 is 0 Å². The van der Waals surface area contributed by atoms with Crippen LogP contribution < -0.4 is 0 Å². The largest absolute Gasteiger partial charge is 0.298 e. The molecule has 0 saturated heterocycles. The van der Waals surface area contributed by atoms with E-state index in [2.05, 4.69) is 70.8 Å². The second kappa shape index (κ2) is 6.71. The molecule has 0 saturated carbocycles. The Labute approximate surface area is 153 Å². The van der Waals surface area contributed by atoms with Crippen LogP contribution in [0.1, 0.15) is 30.3 Å². The predicted molar refractivity (Wildman–Crippen MR) is 105 cm³/mol. The summed E-state index contributed by atoms with van der Waals surface area (Å²) in [7, 11) is 0. The van der Waals surface area contributed by atoms with Crippen molar-refractivity contribution in [3.63, 3.8) is 0 Å². The van der Waals surface area contributed by atoms with E-state index in [0.29, 0.717) is 0 Å². The Balaban J connectivity index is 1.99. The van der Waals surface area contributed by atoms with Gasteiger partial charge in [-0.25, -0.2) is 15.0 Å². The molecule has 4 aromatic rings. The van der Waals surface area contributed by atoms with Gasteiger partial charge in [0, 0.05) is 18.0 Å². The molecule has 4 rings (SSSR count). The fourth-order valence-corrected chi connectivity index (χ4v) is 3.28. The summed E-state index contributed by atoms with van der Waals surface area (Å²) in [6.45, 7) is 6.21. The van der Waals surface area contributed by atoms with Crippen LogP contribution in [-0.2, 0) is 6.42 Å². The van der Waals surface area contributed by atoms with E-state index in [0.717, 1.165) is 47.0 Å². The second-order valence-electron chi connectivity index (χ2n) is 6.68. The predicted octanol–water partition coefficient (Wildman–Crippen LogP) is 5.03. The topological polar surface area (TPSA) is 43.1 Å². The molecule has 3 aromatic heterocycles. The third-order valence-electron chi connectivity index (χ3n) is 4.57. The highest BCUT2D eigenvalue weighted by molar-refractivity contribution is 5.80. The summed E-state index contributed by atoms with van der Waals surface area (Å²) in [5.74, 6) is 0.759. The molecule has 26 heavy (non-hydrogen) atoms. The normalized spacial score (nSPS) is 11.2. The minimum absolute atomic E-state index is 0.759. The van der Waals surface area contributed by atoms with Crippen molar-refractivity contribution in [3.05, 3.63) is 71.8 Å². The Morgan fingerprint density at radius 3 is 2.50 bits per heavy atom. The molecule has 4 nitrogen and oxygen atoms in total. The van der Waals surface area contributed by atoms with Crippen LogP contribution in [0.2, 0.25) is 0 Å². The number of aryl methyl sites for hydroxylation is 3. The molecule has 0 radical (unpaired) electrons. The number of pyridine rings is 1. The SMILES string of the molecule is CCCc1ccn2c(-c3ccnc(C)n3)c(-c3ccc(C)cc3)nc2c1. The standard InChI is InChI=1S/C22H22N4/c1-4-5-17-11-13-26-20(14-17)25-21(18-8-6-15(2)7-9-18)22(26)19-10-12-23-16(3)24-19/h6-14H,4-5H2,1-3H3. The van der Waals surface area contributed by atoms with Gasteiger partial charge in [-0.2, -0.15) is 0 Å². The summed E-state index contributed by atoms with van der Waals surface area (Å²) in [6.07, 6.45) is 6.10. The average Bonchev–Trinajstić information content (AvgIpc) is 3.01. The summed E-state index contributed by atoms with van der Waals surface area (Å²) in [6, 6.07) is 14.8. The van der Waals surface area contributed by atoms with Crippen LogP contribution in [0.4, 0.5) is 0 Å². The van der Waals surface area contributed by atoms with Crippen LogP contribution in [0.5, 0.6) is 0 Å². The highest BCUT2D eigenvalue weighted by atomic mass is 15.0. The van der Waals surface area contributed by atoms with Gasteiger partial charge in [0.05, 0.1) is 17.1 Å². The van der Waals surface area contributed by atoms with Crippen LogP contribution in [-0.4, -0.2) is 19.4 Å². The molecule has 0 bridgehead atoms. The maximum atomic E-state index is 4.96. The number of aromatic nitrogens is 4. The minimum atomic E-state index is 0.759. The van der Waals surface area contributed by atoms with E-state index in [1.807, 2.05) is 13.0 Å². The zero-order valence-electron chi connectivity index (χ0n) is 15.4. The molecule has 4 heteroatoms. The molecule has 0 unspecified atom stereocenters. The zero-order valence-corrected chi connectivity index (χ0v) is 15.4. The fraction of sp³-hybridized carbons (Fsp3) is 0.227. The molecular weight excluding hydrogens is 320 g/mol. The van der Waals surface area contributed by atoms with E-state index < -0.39 is 0 Å². The molecule has 0 spiro atoms. The van der Waals surface area contributed by atoms with Gasteiger partial charge in [0.2, 0.25) is 0 Å². The van der Waals surface area contributed by atoms with Gasteiger partial charge in [-0.1, -0.05) is 43.2 Å². The Bertz CT molecular complexity index is 1060. The molecule has 3 heterocycles. The Morgan fingerprint density at radius 1 is 0.962 bits per heavy atom. The zero-order chi connectivity index (χ0) is 18.1. The van der Waals surface area contributed by atoms with E-state index in [-0.39, 0.29) is 0 Å². The van der Waals surface area contributed by atoms with Gasteiger partial charge in [0.15, 0.2) is 0 Å². The molecule has 0 N–H and O–H groups in total. The van der Waals surface area contributed by atoms with Crippen molar-refractivity contribution >= 4 is 5.65 Å². The van der Waals surface area contributed by atoms with E-state index in [4.69, 9.17) is 4.98 Å². The van der Waals surface area contributed by atoms with E-state index >= 15 is 0 Å². The number of hydrogen-bond acceptors (Lipinski definition) is 3. The molecule has 0 fully saturated rings. The van der Waals surface area contributed by atoms with Crippen molar-refractivity contribution in [1.82, 2.24) is 19.4 Å². The third kappa shape index (κ3) is 2.99. The first kappa shape index (κ1) is 16.5. The number of fused-ring (bicyclic) bond motifs is 1.